The van der Waals surface area contributed by atoms with Gasteiger partial charge in [0.25, 0.3) is 0 Å². The van der Waals surface area contributed by atoms with Crippen LogP contribution in [-0.2, 0) is 14.4 Å². The zero-order chi connectivity index (χ0) is 19.6. The lowest BCUT2D eigenvalue weighted by atomic mass is 9.78. The zero-order valence-electron chi connectivity index (χ0n) is 14.9. The molecule has 148 valence electrons. The van der Waals surface area contributed by atoms with E-state index in [0.29, 0.717) is 12.8 Å². The second-order valence-corrected chi connectivity index (χ2v) is 7.45. The molecule has 0 aromatic carbocycles. The zero-order valence-corrected chi connectivity index (χ0v) is 14.9. The number of alkyl halides is 3. The number of nitrogens with one attached hydrogen (secondary N) is 1. The van der Waals surface area contributed by atoms with Crippen LogP contribution in [0.2, 0.25) is 0 Å². The van der Waals surface area contributed by atoms with Gasteiger partial charge in [0, 0.05) is 12.5 Å². The summed E-state index contributed by atoms with van der Waals surface area (Å²) in [6.45, 7) is 3.51. The number of likely N-dealkylation sites (tertiary alicyclic amines) is 1. The Morgan fingerprint density at radius 1 is 1.19 bits per heavy atom. The maximum atomic E-state index is 13.2. The van der Waals surface area contributed by atoms with Gasteiger partial charge in [0.2, 0.25) is 11.8 Å². The minimum absolute atomic E-state index is 0.0826. The van der Waals surface area contributed by atoms with Crippen molar-refractivity contribution in [2.75, 3.05) is 6.54 Å². The summed E-state index contributed by atoms with van der Waals surface area (Å²) in [5, 5.41) is 11.8. The standard InChI is InChI=1S/C17H25F3N2O4/c1-9(2)13(16(25)26)22-8-7-12(15(22)24)21-14(23)10-5-3-4-6-11(10)17(18,19)20/h9-13H,3-8H2,1-2H3,(H,21,23)(H,25,26)/t10-,11-,12?,13?/m1/s1. The van der Waals surface area contributed by atoms with E-state index >= 15 is 0 Å². The summed E-state index contributed by atoms with van der Waals surface area (Å²) >= 11 is 0. The highest BCUT2D eigenvalue weighted by molar-refractivity contribution is 5.92. The Bertz CT molecular complexity index is 565. The number of rotatable bonds is 5. The molecule has 2 amide bonds. The van der Waals surface area contributed by atoms with E-state index in [4.69, 9.17) is 0 Å². The van der Waals surface area contributed by atoms with Crippen LogP contribution < -0.4 is 5.32 Å². The van der Waals surface area contributed by atoms with Crippen LogP contribution in [0.5, 0.6) is 0 Å². The third kappa shape index (κ3) is 4.29. The highest BCUT2D eigenvalue weighted by Crippen LogP contribution is 2.41. The predicted octanol–water partition coefficient (Wildman–Crippen LogP) is 2.18. The minimum Gasteiger partial charge on any atom is -0.480 e. The Morgan fingerprint density at radius 3 is 2.35 bits per heavy atom. The molecule has 6 nitrogen and oxygen atoms in total. The number of carbonyl (C=O) groups excluding carboxylic acids is 2. The quantitative estimate of drug-likeness (QED) is 0.768. The number of carbonyl (C=O) groups is 3. The number of nitrogens with zero attached hydrogens (tertiary/aromatic N) is 1. The molecule has 0 bridgehead atoms. The van der Waals surface area contributed by atoms with Crippen LogP contribution in [0.4, 0.5) is 13.2 Å². The molecule has 2 N–H and O–H groups in total. The van der Waals surface area contributed by atoms with Crippen molar-refractivity contribution in [3.63, 3.8) is 0 Å². The second-order valence-electron chi connectivity index (χ2n) is 7.45. The maximum absolute atomic E-state index is 13.2. The Morgan fingerprint density at radius 2 is 1.81 bits per heavy atom. The van der Waals surface area contributed by atoms with Crippen molar-refractivity contribution < 1.29 is 32.7 Å². The third-order valence-corrected chi connectivity index (χ3v) is 5.30. The van der Waals surface area contributed by atoms with Crippen molar-refractivity contribution >= 4 is 17.8 Å². The molecule has 0 aromatic rings. The fraction of sp³-hybridized carbons (Fsp3) is 0.824. The summed E-state index contributed by atoms with van der Waals surface area (Å²) in [5.74, 6) is -5.64. The number of aliphatic carboxylic acids is 1. The van der Waals surface area contributed by atoms with Gasteiger partial charge in [-0.15, -0.1) is 0 Å². The lowest BCUT2D eigenvalue weighted by Crippen LogP contribution is -2.51. The Labute approximate surface area is 150 Å². The summed E-state index contributed by atoms with van der Waals surface area (Å²) in [6, 6.07) is -1.97. The van der Waals surface area contributed by atoms with Gasteiger partial charge in [-0.25, -0.2) is 4.79 Å². The average Bonchev–Trinajstić information content (AvgIpc) is 2.87. The van der Waals surface area contributed by atoms with Gasteiger partial charge in [-0.2, -0.15) is 13.2 Å². The third-order valence-electron chi connectivity index (χ3n) is 5.30. The normalized spacial score (nSPS) is 28.3. The van der Waals surface area contributed by atoms with Crippen molar-refractivity contribution in [1.82, 2.24) is 10.2 Å². The minimum atomic E-state index is -4.44. The van der Waals surface area contributed by atoms with Gasteiger partial charge < -0.3 is 15.3 Å². The number of carboxylic acids is 1. The van der Waals surface area contributed by atoms with Crippen LogP contribution in [0.25, 0.3) is 0 Å². The molecule has 0 aromatic heterocycles. The van der Waals surface area contributed by atoms with E-state index in [0.717, 1.165) is 0 Å². The Hall–Kier alpha value is -1.80. The molecule has 0 radical (unpaired) electrons. The first kappa shape index (κ1) is 20.5. The molecule has 9 heteroatoms. The van der Waals surface area contributed by atoms with E-state index in [-0.39, 0.29) is 31.7 Å². The molecule has 2 rings (SSSR count). The van der Waals surface area contributed by atoms with Crippen molar-refractivity contribution in [1.29, 1.82) is 0 Å². The van der Waals surface area contributed by atoms with Crippen molar-refractivity contribution in [3.8, 4) is 0 Å². The van der Waals surface area contributed by atoms with E-state index in [1.807, 2.05) is 0 Å². The van der Waals surface area contributed by atoms with Crippen LogP contribution in [0.3, 0.4) is 0 Å². The summed E-state index contributed by atoms with van der Waals surface area (Å²) in [5.41, 5.74) is 0. The van der Waals surface area contributed by atoms with Gasteiger partial charge >= 0.3 is 12.1 Å². The molecule has 26 heavy (non-hydrogen) atoms. The number of carboxylic acid groups (broad SMARTS) is 1. The number of halogens is 3. The largest absolute Gasteiger partial charge is 0.480 e. The van der Waals surface area contributed by atoms with Crippen LogP contribution in [-0.4, -0.2) is 52.6 Å². The Balaban J connectivity index is 2.05. The molecular weight excluding hydrogens is 353 g/mol. The lowest BCUT2D eigenvalue weighted by Gasteiger charge is -2.32. The number of hydrogen-bond acceptors (Lipinski definition) is 3. The van der Waals surface area contributed by atoms with Crippen LogP contribution >= 0.6 is 0 Å². The highest BCUT2D eigenvalue weighted by atomic mass is 19.4. The van der Waals surface area contributed by atoms with Crippen LogP contribution in [0.15, 0.2) is 0 Å². The predicted molar refractivity (Wildman–Crippen MR) is 86.0 cm³/mol. The van der Waals surface area contributed by atoms with Crippen molar-refractivity contribution in [3.05, 3.63) is 0 Å². The summed E-state index contributed by atoms with van der Waals surface area (Å²) in [6.07, 6.45) is -3.21. The molecule has 1 heterocycles. The first-order chi connectivity index (χ1) is 12.0. The molecular formula is C17H25F3N2O4. The first-order valence-corrected chi connectivity index (χ1v) is 8.94. The van der Waals surface area contributed by atoms with E-state index in [1.165, 1.54) is 4.90 Å². The second kappa shape index (κ2) is 7.84. The average molecular weight is 378 g/mol. The molecule has 2 fully saturated rings. The van der Waals surface area contributed by atoms with Gasteiger partial charge in [0.05, 0.1) is 5.92 Å². The molecule has 2 unspecified atom stereocenters. The molecule has 4 atom stereocenters. The highest BCUT2D eigenvalue weighted by Gasteiger charge is 2.49. The van der Waals surface area contributed by atoms with E-state index in [1.54, 1.807) is 13.8 Å². The molecule has 1 saturated carbocycles. The maximum Gasteiger partial charge on any atom is 0.392 e. The van der Waals surface area contributed by atoms with Gasteiger partial charge in [-0.1, -0.05) is 26.7 Å². The fourth-order valence-corrected chi connectivity index (χ4v) is 4.01. The molecule has 2 aliphatic rings. The monoisotopic (exact) mass is 378 g/mol. The van der Waals surface area contributed by atoms with Crippen LogP contribution in [0, 0.1) is 17.8 Å². The summed E-state index contributed by atoms with van der Waals surface area (Å²) in [7, 11) is 0. The van der Waals surface area contributed by atoms with E-state index < -0.39 is 47.9 Å². The fourth-order valence-electron chi connectivity index (χ4n) is 4.01. The molecule has 1 aliphatic heterocycles. The topological polar surface area (TPSA) is 86.7 Å². The smallest absolute Gasteiger partial charge is 0.392 e. The molecule has 0 spiro atoms. The van der Waals surface area contributed by atoms with Crippen molar-refractivity contribution in [2.24, 2.45) is 17.8 Å². The van der Waals surface area contributed by atoms with Crippen LogP contribution in [0.1, 0.15) is 46.0 Å². The van der Waals surface area contributed by atoms with Gasteiger partial charge in [0.15, 0.2) is 0 Å². The van der Waals surface area contributed by atoms with Gasteiger partial charge in [-0.05, 0) is 25.2 Å². The molecule has 1 aliphatic carbocycles. The number of amides is 2. The lowest BCUT2D eigenvalue weighted by molar-refractivity contribution is -0.198. The summed E-state index contributed by atoms with van der Waals surface area (Å²) < 4.78 is 39.5. The molecule has 1 saturated heterocycles. The van der Waals surface area contributed by atoms with Gasteiger partial charge in [0.1, 0.15) is 12.1 Å². The van der Waals surface area contributed by atoms with E-state index in [9.17, 15) is 32.7 Å². The SMILES string of the molecule is CC(C)C(C(=O)O)N1CCC(NC(=O)[C@@H]2CCCC[C@H]2C(F)(F)F)C1=O. The van der Waals surface area contributed by atoms with Crippen molar-refractivity contribution in [2.45, 2.75) is 64.2 Å². The summed E-state index contributed by atoms with van der Waals surface area (Å²) in [4.78, 5) is 37.5. The Kier molecular flexibility index (Phi) is 6.18. The van der Waals surface area contributed by atoms with Gasteiger partial charge in [-0.3, -0.25) is 9.59 Å². The first-order valence-electron chi connectivity index (χ1n) is 8.94. The number of hydrogen-bond donors (Lipinski definition) is 2. The van der Waals surface area contributed by atoms with E-state index in [2.05, 4.69) is 5.32 Å².